The smallest absolute Gasteiger partial charge is 0.232 e. The van der Waals surface area contributed by atoms with Crippen molar-refractivity contribution in [1.29, 1.82) is 0 Å². The summed E-state index contributed by atoms with van der Waals surface area (Å²) >= 11 is 0. The number of likely N-dealkylation sites (N-methyl/N-ethyl adjacent to an activating group) is 1. The molecule has 4 heterocycles. The Bertz CT molecular complexity index is 1240. The quantitative estimate of drug-likeness (QED) is 0.686. The monoisotopic (exact) mass is 431 g/mol. The van der Waals surface area contributed by atoms with E-state index >= 15 is 0 Å². The summed E-state index contributed by atoms with van der Waals surface area (Å²) in [6.45, 7) is 6.76. The Kier molecular flexibility index (Phi) is 4.99. The van der Waals surface area contributed by atoms with Crippen LogP contribution >= 0.6 is 0 Å². The molecule has 7 heteroatoms. The van der Waals surface area contributed by atoms with Gasteiger partial charge >= 0.3 is 0 Å². The van der Waals surface area contributed by atoms with E-state index in [2.05, 4.69) is 24.0 Å². The highest BCUT2D eigenvalue weighted by molar-refractivity contribution is 6.00. The first-order chi connectivity index (χ1) is 15.3. The first-order valence-corrected chi connectivity index (χ1v) is 11.4. The molecule has 7 nitrogen and oxygen atoms in total. The number of anilines is 1. The number of nitrogens with zero attached hydrogens (tertiary/aromatic N) is 4. The SMILES string of the molecule is Cc1nc([C@H]2CCCCN2C(=O)Cc2c(C)[nH]c3c(C)cccc23)nc2c1CC(=O)N2C. The second-order valence-corrected chi connectivity index (χ2v) is 9.10. The molecule has 2 aliphatic heterocycles. The topological polar surface area (TPSA) is 82.2 Å². The zero-order valence-corrected chi connectivity index (χ0v) is 19.2. The van der Waals surface area contributed by atoms with Crippen molar-refractivity contribution < 1.29 is 9.59 Å². The maximum Gasteiger partial charge on any atom is 0.232 e. The van der Waals surface area contributed by atoms with Gasteiger partial charge in [-0.1, -0.05) is 18.2 Å². The van der Waals surface area contributed by atoms with Crippen LogP contribution in [0.2, 0.25) is 0 Å². The average molecular weight is 432 g/mol. The van der Waals surface area contributed by atoms with Crippen LogP contribution in [0, 0.1) is 20.8 Å². The molecule has 166 valence electrons. The lowest BCUT2D eigenvalue weighted by Gasteiger charge is -2.35. The Morgan fingerprint density at radius 1 is 1.19 bits per heavy atom. The first kappa shape index (κ1) is 20.7. The summed E-state index contributed by atoms with van der Waals surface area (Å²) in [7, 11) is 1.76. The lowest BCUT2D eigenvalue weighted by molar-refractivity contribution is -0.134. The summed E-state index contributed by atoms with van der Waals surface area (Å²) in [5, 5.41) is 1.12. The number of benzene rings is 1. The summed E-state index contributed by atoms with van der Waals surface area (Å²) in [5.41, 5.74) is 6.13. The summed E-state index contributed by atoms with van der Waals surface area (Å²) in [4.78, 5) is 42.3. The average Bonchev–Trinajstić information content (AvgIpc) is 3.26. The van der Waals surface area contributed by atoms with Crippen molar-refractivity contribution in [2.45, 2.75) is 58.9 Å². The number of aromatic nitrogens is 3. The molecule has 1 atom stereocenters. The van der Waals surface area contributed by atoms with Crippen LogP contribution in [0.3, 0.4) is 0 Å². The number of likely N-dealkylation sites (tertiary alicyclic amines) is 1. The Hall–Kier alpha value is -3.22. The Balaban J connectivity index is 1.47. The van der Waals surface area contributed by atoms with Crippen molar-refractivity contribution in [2.24, 2.45) is 0 Å². The van der Waals surface area contributed by atoms with Gasteiger partial charge in [-0.15, -0.1) is 0 Å². The normalized spacial score (nSPS) is 18.5. The van der Waals surface area contributed by atoms with E-state index in [1.165, 1.54) is 5.56 Å². The number of fused-ring (bicyclic) bond motifs is 2. The van der Waals surface area contributed by atoms with E-state index in [4.69, 9.17) is 9.97 Å². The van der Waals surface area contributed by atoms with E-state index in [-0.39, 0.29) is 17.9 Å². The standard InChI is InChI=1S/C25H29N5O2/c1-14-8-7-9-17-18(15(2)26-23(14)17)12-22(32)30-11-6-5-10-20(30)24-27-16(3)19-13-21(31)29(4)25(19)28-24/h7-9,20,26H,5-6,10-13H2,1-4H3/t20-/m1/s1. The van der Waals surface area contributed by atoms with Crippen LogP contribution in [-0.4, -0.2) is 45.3 Å². The van der Waals surface area contributed by atoms with Crippen molar-refractivity contribution >= 4 is 28.5 Å². The van der Waals surface area contributed by atoms with Gasteiger partial charge in [0.2, 0.25) is 11.8 Å². The molecule has 1 saturated heterocycles. The third-order valence-corrected chi connectivity index (χ3v) is 7.04. The van der Waals surface area contributed by atoms with Crippen LogP contribution in [0.4, 0.5) is 5.82 Å². The maximum atomic E-state index is 13.6. The first-order valence-electron chi connectivity index (χ1n) is 11.4. The number of H-pyrrole nitrogens is 1. The number of aryl methyl sites for hydroxylation is 3. The minimum atomic E-state index is -0.156. The molecule has 3 aromatic rings. The van der Waals surface area contributed by atoms with Crippen LogP contribution in [0.5, 0.6) is 0 Å². The zero-order chi connectivity index (χ0) is 22.6. The highest BCUT2D eigenvalue weighted by Gasteiger charge is 2.34. The number of piperidine rings is 1. The molecule has 0 spiro atoms. The van der Waals surface area contributed by atoms with E-state index in [0.29, 0.717) is 31.0 Å². The van der Waals surface area contributed by atoms with E-state index in [1.807, 2.05) is 24.8 Å². The minimum Gasteiger partial charge on any atom is -0.358 e. The molecule has 2 amide bonds. The minimum absolute atomic E-state index is 0.0382. The molecule has 0 aliphatic carbocycles. The second kappa shape index (κ2) is 7.73. The summed E-state index contributed by atoms with van der Waals surface area (Å²) in [5.74, 6) is 1.49. The number of rotatable bonds is 3. The Morgan fingerprint density at radius 3 is 2.81 bits per heavy atom. The van der Waals surface area contributed by atoms with Gasteiger partial charge in [0.1, 0.15) is 5.82 Å². The molecular weight excluding hydrogens is 402 g/mol. The van der Waals surface area contributed by atoms with Crippen LogP contribution in [0.25, 0.3) is 10.9 Å². The molecule has 0 bridgehead atoms. The molecule has 2 aromatic heterocycles. The fourth-order valence-electron chi connectivity index (χ4n) is 5.15. The summed E-state index contributed by atoms with van der Waals surface area (Å²) < 4.78 is 0. The van der Waals surface area contributed by atoms with Gasteiger partial charge in [0, 0.05) is 41.4 Å². The van der Waals surface area contributed by atoms with Gasteiger partial charge in [-0.2, -0.15) is 0 Å². The number of carbonyl (C=O) groups is 2. The van der Waals surface area contributed by atoms with Crippen molar-refractivity contribution in [1.82, 2.24) is 19.9 Å². The second-order valence-electron chi connectivity index (χ2n) is 9.10. The van der Waals surface area contributed by atoms with Gasteiger partial charge in [0.15, 0.2) is 5.82 Å². The van der Waals surface area contributed by atoms with E-state index in [0.717, 1.165) is 52.7 Å². The third kappa shape index (κ3) is 3.27. The molecular formula is C25H29N5O2. The molecule has 1 aromatic carbocycles. The number of amides is 2. The van der Waals surface area contributed by atoms with Gasteiger partial charge in [0.25, 0.3) is 0 Å². The predicted octanol–water partition coefficient (Wildman–Crippen LogP) is 3.70. The Morgan fingerprint density at radius 2 is 2.00 bits per heavy atom. The van der Waals surface area contributed by atoms with Gasteiger partial charge in [-0.3, -0.25) is 14.5 Å². The van der Waals surface area contributed by atoms with Crippen molar-refractivity contribution in [3.8, 4) is 0 Å². The fraction of sp³-hybridized carbons (Fsp3) is 0.440. The van der Waals surface area contributed by atoms with Crippen LogP contribution in [0.1, 0.15) is 59.2 Å². The molecule has 1 N–H and O–H groups in total. The lowest BCUT2D eigenvalue weighted by Crippen LogP contribution is -2.40. The van der Waals surface area contributed by atoms with E-state index < -0.39 is 0 Å². The molecule has 0 radical (unpaired) electrons. The summed E-state index contributed by atoms with van der Waals surface area (Å²) in [6.07, 6.45) is 3.57. The predicted molar refractivity (Wildman–Crippen MR) is 124 cm³/mol. The number of hydrogen-bond acceptors (Lipinski definition) is 4. The number of para-hydroxylation sites is 1. The summed E-state index contributed by atoms with van der Waals surface area (Å²) in [6, 6.07) is 6.06. The highest BCUT2D eigenvalue weighted by atomic mass is 16.2. The largest absolute Gasteiger partial charge is 0.358 e. The maximum absolute atomic E-state index is 13.6. The third-order valence-electron chi connectivity index (χ3n) is 7.04. The van der Waals surface area contributed by atoms with Crippen LogP contribution in [-0.2, 0) is 22.4 Å². The molecule has 2 aliphatic rings. The van der Waals surface area contributed by atoms with Crippen LogP contribution in [0.15, 0.2) is 18.2 Å². The van der Waals surface area contributed by atoms with Crippen LogP contribution < -0.4 is 4.90 Å². The van der Waals surface area contributed by atoms with E-state index in [9.17, 15) is 9.59 Å². The fourth-order valence-corrected chi connectivity index (χ4v) is 5.15. The van der Waals surface area contributed by atoms with Gasteiger partial charge in [-0.05, 0) is 51.2 Å². The lowest BCUT2D eigenvalue weighted by atomic mass is 9.98. The molecule has 32 heavy (non-hydrogen) atoms. The van der Waals surface area contributed by atoms with Gasteiger partial charge < -0.3 is 9.88 Å². The van der Waals surface area contributed by atoms with E-state index in [1.54, 1.807) is 11.9 Å². The number of carbonyl (C=O) groups excluding carboxylic acids is 2. The molecule has 5 rings (SSSR count). The van der Waals surface area contributed by atoms with Gasteiger partial charge in [-0.25, -0.2) is 9.97 Å². The van der Waals surface area contributed by atoms with Crippen molar-refractivity contribution in [3.63, 3.8) is 0 Å². The van der Waals surface area contributed by atoms with Crippen molar-refractivity contribution in [3.05, 3.63) is 52.1 Å². The Labute approximate surface area is 187 Å². The highest BCUT2D eigenvalue weighted by Crippen LogP contribution is 2.35. The number of nitrogens with one attached hydrogen (secondary N) is 1. The number of aromatic amines is 1. The molecule has 1 fully saturated rings. The zero-order valence-electron chi connectivity index (χ0n) is 19.2. The van der Waals surface area contributed by atoms with Crippen molar-refractivity contribution in [2.75, 3.05) is 18.5 Å². The molecule has 0 saturated carbocycles. The molecule has 0 unspecified atom stereocenters. The number of hydrogen-bond donors (Lipinski definition) is 1. The van der Waals surface area contributed by atoms with Gasteiger partial charge in [0.05, 0.1) is 18.9 Å².